The van der Waals surface area contributed by atoms with Crippen LogP contribution in [0.2, 0.25) is 0 Å². The fraction of sp³-hybridized carbons (Fsp3) is 0.500. The zero-order valence-electron chi connectivity index (χ0n) is 13.3. The van der Waals surface area contributed by atoms with Crippen LogP contribution < -0.4 is 10.1 Å². The Bertz CT molecular complexity index is 473. The van der Waals surface area contributed by atoms with Crippen LogP contribution in [0.5, 0.6) is 5.75 Å². The Kier molecular flexibility index (Phi) is 6.21. The summed E-state index contributed by atoms with van der Waals surface area (Å²) >= 11 is 0. The first-order valence-electron chi connectivity index (χ1n) is 7.13. The highest BCUT2D eigenvalue weighted by atomic mass is 16.5. The third-order valence-electron chi connectivity index (χ3n) is 2.94. The fourth-order valence-corrected chi connectivity index (χ4v) is 2.23. The summed E-state index contributed by atoms with van der Waals surface area (Å²) in [5, 5.41) is 2.68. The molecule has 1 N–H and O–H groups in total. The van der Waals surface area contributed by atoms with Crippen molar-refractivity contribution in [2.45, 2.75) is 46.7 Å². The molecule has 0 radical (unpaired) electrons. The van der Waals surface area contributed by atoms with E-state index in [1.165, 1.54) is 6.92 Å². The van der Waals surface area contributed by atoms with Crippen molar-refractivity contribution in [1.29, 1.82) is 0 Å². The molecule has 5 heteroatoms. The highest BCUT2D eigenvalue weighted by Crippen LogP contribution is 2.16. The molecule has 0 atom stereocenters. The summed E-state index contributed by atoms with van der Waals surface area (Å²) in [5.41, 5.74) is 0.701. The van der Waals surface area contributed by atoms with Crippen LogP contribution in [0.4, 0.5) is 5.69 Å². The van der Waals surface area contributed by atoms with E-state index in [-0.39, 0.29) is 30.5 Å². The first-order valence-corrected chi connectivity index (χ1v) is 7.13. The number of hydrogen-bond donors (Lipinski definition) is 1. The zero-order valence-corrected chi connectivity index (χ0v) is 13.3. The van der Waals surface area contributed by atoms with Gasteiger partial charge in [-0.25, -0.2) is 0 Å². The molecule has 1 rings (SSSR count). The summed E-state index contributed by atoms with van der Waals surface area (Å²) in [6, 6.07) is 7.22. The van der Waals surface area contributed by atoms with Crippen LogP contribution in [-0.4, -0.2) is 35.4 Å². The second-order valence-electron chi connectivity index (χ2n) is 5.48. The van der Waals surface area contributed by atoms with Gasteiger partial charge >= 0.3 is 0 Å². The minimum Gasteiger partial charge on any atom is -0.484 e. The molecule has 21 heavy (non-hydrogen) atoms. The molecule has 0 saturated heterocycles. The van der Waals surface area contributed by atoms with Crippen LogP contribution in [0.15, 0.2) is 24.3 Å². The second kappa shape index (κ2) is 7.67. The number of ether oxygens (including phenoxy) is 1. The highest BCUT2D eigenvalue weighted by Gasteiger charge is 2.20. The van der Waals surface area contributed by atoms with Crippen LogP contribution in [0.3, 0.4) is 0 Å². The van der Waals surface area contributed by atoms with E-state index >= 15 is 0 Å². The lowest BCUT2D eigenvalue weighted by Crippen LogP contribution is -2.44. The molecule has 0 bridgehead atoms. The Morgan fingerprint density at radius 1 is 1.10 bits per heavy atom. The number of hydrogen-bond acceptors (Lipinski definition) is 3. The fourth-order valence-electron chi connectivity index (χ4n) is 2.23. The van der Waals surface area contributed by atoms with Gasteiger partial charge in [0, 0.05) is 24.7 Å². The van der Waals surface area contributed by atoms with Gasteiger partial charge in [0.05, 0.1) is 0 Å². The number of anilines is 1. The number of nitrogens with zero attached hydrogens (tertiary/aromatic N) is 1. The highest BCUT2D eigenvalue weighted by molar-refractivity contribution is 5.88. The second-order valence-corrected chi connectivity index (χ2v) is 5.48. The maximum Gasteiger partial charge on any atom is 0.260 e. The quantitative estimate of drug-likeness (QED) is 0.877. The van der Waals surface area contributed by atoms with Gasteiger partial charge in [-0.1, -0.05) is 0 Å². The molecule has 116 valence electrons. The Morgan fingerprint density at radius 2 is 1.62 bits per heavy atom. The van der Waals surface area contributed by atoms with Crippen molar-refractivity contribution in [2.75, 3.05) is 11.9 Å². The normalized spacial score (nSPS) is 10.6. The van der Waals surface area contributed by atoms with Crippen molar-refractivity contribution >= 4 is 17.5 Å². The first kappa shape index (κ1) is 17.0. The average Bonchev–Trinajstić information content (AvgIpc) is 2.36. The van der Waals surface area contributed by atoms with Crippen molar-refractivity contribution in [2.24, 2.45) is 0 Å². The van der Waals surface area contributed by atoms with Crippen molar-refractivity contribution in [3.8, 4) is 5.75 Å². The lowest BCUT2D eigenvalue weighted by molar-refractivity contribution is -0.137. The summed E-state index contributed by atoms with van der Waals surface area (Å²) in [5.74, 6) is 0.444. The van der Waals surface area contributed by atoms with Crippen LogP contribution in [0.1, 0.15) is 34.6 Å². The number of nitrogens with one attached hydrogen (secondary N) is 1. The van der Waals surface area contributed by atoms with Gasteiger partial charge in [-0.3, -0.25) is 9.59 Å². The largest absolute Gasteiger partial charge is 0.484 e. The van der Waals surface area contributed by atoms with Crippen LogP contribution >= 0.6 is 0 Å². The summed E-state index contributed by atoms with van der Waals surface area (Å²) in [6.07, 6.45) is 0. The molecule has 0 saturated carbocycles. The van der Waals surface area contributed by atoms with Crippen molar-refractivity contribution in [1.82, 2.24) is 4.90 Å². The van der Waals surface area contributed by atoms with E-state index in [0.29, 0.717) is 11.4 Å². The molecule has 0 aromatic heterocycles. The molecule has 0 aliphatic heterocycles. The molecule has 0 spiro atoms. The van der Waals surface area contributed by atoms with Gasteiger partial charge in [-0.2, -0.15) is 0 Å². The molecule has 0 heterocycles. The summed E-state index contributed by atoms with van der Waals surface area (Å²) < 4.78 is 5.51. The minimum atomic E-state index is -0.122. The van der Waals surface area contributed by atoms with Crippen LogP contribution in [0, 0.1) is 0 Å². The third-order valence-corrected chi connectivity index (χ3v) is 2.94. The van der Waals surface area contributed by atoms with E-state index in [2.05, 4.69) is 5.32 Å². The number of benzene rings is 1. The van der Waals surface area contributed by atoms with Crippen molar-refractivity contribution in [3.63, 3.8) is 0 Å². The van der Waals surface area contributed by atoms with Gasteiger partial charge in [0.15, 0.2) is 6.61 Å². The van der Waals surface area contributed by atoms with E-state index in [0.717, 1.165) is 0 Å². The molecule has 5 nitrogen and oxygen atoms in total. The van der Waals surface area contributed by atoms with E-state index in [1.54, 1.807) is 29.2 Å². The molecular formula is C16H24N2O3. The molecule has 2 amide bonds. The first-order chi connectivity index (χ1) is 9.81. The van der Waals surface area contributed by atoms with E-state index in [1.807, 2.05) is 27.7 Å². The monoisotopic (exact) mass is 292 g/mol. The Balaban J connectivity index is 2.58. The minimum absolute atomic E-state index is 0.00977. The third kappa shape index (κ3) is 5.45. The van der Waals surface area contributed by atoms with Crippen molar-refractivity contribution in [3.05, 3.63) is 24.3 Å². The number of carbonyl (C=O) groups excluding carboxylic acids is 2. The Morgan fingerprint density at radius 3 is 2.05 bits per heavy atom. The van der Waals surface area contributed by atoms with Gasteiger partial charge in [0.1, 0.15) is 5.75 Å². The van der Waals surface area contributed by atoms with Gasteiger partial charge in [0.25, 0.3) is 5.91 Å². The smallest absolute Gasteiger partial charge is 0.260 e. The number of rotatable bonds is 6. The molecule has 1 aromatic carbocycles. The molecule has 0 aliphatic carbocycles. The predicted octanol–water partition coefficient (Wildman–Crippen LogP) is 2.67. The Labute approximate surface area is 126 Å². The topological polar surface area (TPSA) is 58.6 Å². The number of amides is 2. The average molecular weight is 292 g/mol. The van der Waals surface area contributed by atoms with Crippen molar-refractivity contribution < 1.29 is 14.3 Å². The maximum atomic E-state index is 12.2. The number of carbonyl (C=O) groups is 2. The molecular weight excluding hydrogens is 268 g/mol. The summed E-state index contributed by atoms with van der Waals surface area (Å²) in [4.78, 5) is 24.9. The summed E-state index contributed by atoms with van der Waals surface area (Å²) in [6.45, 7) is 9.41. The summed E-state index contributed by atoms with van der Waals surface area (Å²) in [7, 11) is 0. The SMILES string of the molecule is CC(=O)Nc1ccc(OCC(=O)N(C(C)C)C(C)C)cc1. The molecule has 0 aliphatic rings. The van der Waals surface area contributed by atoms with E-state index < -0.39 is 0 Å². The van der Waals surface area contributed by atoms with E-state index in [9.17, 15) is 9.59 Å². The van der Waals surface area contributed by atoms with Gasteiger partial charge in [-0.05, 0) is 52.0 Å². The van der Waals surface area contributed by atoms with Crippen LogP contribution in [0.25, 0.3) is 0 Å². The van der Waals surface area contributed by atoms with Gasteiger partial charge in [0.2, 0.25) is 5.91 Å². The van der Waals surface area contributed by atoms with Crippen LogP contribution in [-0.2, 0) is 9.59 Å². The standard InChI is InChI=1S/C16H24N2O3/c1-11(2)18(12(3)4)16(20)10-21-15-8-6-14(7-9-15)17-13(5)19/h6-9,11-12H,10H2,1-5H3,(H,17,19). The van der Waals surface area contributed by atoms with Gasteiger partial charge < -0.3 is 15.0 Å². The molecule has 0 unspecified atom stereocenters. The Hall–Kier alpha value is -2.04. The lowest BCUT2D eigenvalue weighted by Gasteiger charge is -2.30. The predicted molar refractivity (Wildman–Crippen MR) is 83.4 cm³/mol. The van der Waals surface area contributed by atoms with Gasteiger partial charge in [-0.15, -0.1) is 0 Å². The van der Waals surface area contributed by atoms with E-state index in [4.69, 9.17) is 4.74 Å². The molecule has 0 fully saturated rings. The lowest BCUT2D eigenvalue weighted by atomic mass is 10.2. The maximum absolute atomic E-state index is 12.2. The molecule has 1 aromatic rings. The zero-order chi connectivity index (χ0) is 16.0.